The Morgan fingerprint density at radius 2 is 2.41 bits per heavy atom. The summed E-state index contributed by atoms with van der Waals surface area (Å²) in [6, 6.07) is 2.69. The molecule has 1 saturated carbocycles. The summed E-state index contributed by atoms with van der Waals surface area (Å²) in [4.78, 5) is 8.79. The van der Waals surface area contributed by atoms with E-state index in [-0.39, 0.29) is 0 Å². The molecule has 0 spiro atoms. The van der Waals surface area contributed by atoms with Crippen molar-refractivity contribution in [1.29, 1.82) is 0 Å². The van der Waals surface area contributed by atoms with Gasteiger partial charge < -0.3 is 4.57 Å². The molecule has 2 aromatic heterocycles. The summed E-state index contributed by atoms with van der Waals surface area (Å²) in [7, 11) is 0. The number of imidazole rings is 1. The van der Waals surface area contributed by atoms with Gasteiger partial charge >= 0.3 is 0 Å². The molecule has 17 heavy (non-hydrogen) atoms. The van der Waals surface area contributed by atoms with Crippen molar-refractivity contribution in [3.05, 3.63) is 24.3 Å². The first-order valence-corrected chi connectivity index (χ1v) is 6.75. The molecule has 3 nitrogen and oxygen atoms in total. The molecule has 2 heterocycles. The highest BCUT2D eigenvalue weighted by Gasteiger charge is 2.38. The molecule has 90 valence electrons. The van der Waals surface area contributed by atoms with Crippen LogP contribution in [0, 0.1) is 5.92 Å². The third-order valence-corrected chi connectivity index (χ3v) is 3.81. The van der Waals surface area contributed by atoms with Crippen LogP contribution in [0.5, 0.6) is 0 Å². The number of nitrogens with zero attached hydrogens (tertiary/aromatic N) is 3. The minimum Gasteiger partial charge on any atom is -0.324 e. The van der Waals surface area contributed by atoms with E-state index in [1.165, 1.54) is 18.4 Å². The van der Waals surface area contributed by atoms with E-state index in [1.807, 2.05) is 12.4 Å². The Morgan fingerprint density at radius 3 is 3.12 bits per heavy atom. The number of hydrogen-bond acceptors (Lipinski definition) is 2. The zero-order valence-electron chi connectivity index (χ0n) is 9.93. The molecule has 1 fully saturated rings. The maximum absolute atomic E-state index is 5.86. The Balaban J connectivity index is 2.09. The number of rotatable bonds is 4. The van der Waals surface area contributed by atoms with Crippen molar-refractivity contribution < 1.29 is 0 Å². The van der Waals surface area contributed by atoms with Crippen LogP contribution in [0.1, 0.15) is 31.6 Å². The van der Waals surface area contributed by atoms with E-state index in [1.54, 1.807) is 0 Å². The lowest BCUT2D eigenvalue weighted by atomic mass is 10.3. The van der Waals surface area contributed by atoms with Crippen LogP contribution < -0.4 is 0 Å². The Bertz CT molecular complexity index is 534. The van der Waals surface area contributed by atoms with Gasteiger partial charge in [-0.15, -0.1) is 11.6 Å². The molecule has 1 aliphatic carbocycles. The molecule has 2 aromatic rings. The van der Waals surface area contributed by atoms with Gasteiger partial charge in [0.2, 0.25) is 0 Å². The molecule has 0 N–H and O–H groups in total. The first-order valence-electron chi connectivity index (χ1n) is 6.22. The second kappa shape index (κ2) is 4.30. The van der Waals surface area contributed by atoms with E-state index in [0.29, 0.717) is 11.9 Å². The van der Waals surface area contributed by atoms with Crippen LogP contribution in [-0.2, 0) is 6.42 Å². The summed E-state index contributed by atoms with van der Waals surface area (Å²) in [5.41, 5.74) is 2.20. The van der Waals surface area contributed by atoms with Crippen LogP contribution in [0.3, 0.4) is 0 Å². The Morgan fingerprint density at radius 1 is 1.53 bits per heavy atom. The molecule has 0 aromatic carbocycles. The fraction of sp³-hybridized carbons (Fsp3) is 0.538. The second-order valence-electron chi connectivity index (χ2n) is 4.67. The van der Waals surface area contributed by atoms with Gasteiger partial charge in [-0.25, -0.2) is 4.98 Å². The zero-order chi connectivity index (χ0) is 11.8. The van der Waals surface area contributed by atoms with Gasteiger partial charge in [-0.2, -0.15) is 0 Å². The fourth-order valence-corrected chi connectivity index (χ4v) is 2.79. The number of aromatic nitrogens is 3. The summed E-state index contributed by atoms with van der Waals surface area (Å²) < 4.78 is 2.38. The third-order valence-electron chi connectivity index (χ3n) is 3.62. The van der Waals surface area contributed by atoms with Gasteiger partial charge in [-0.3, -0.25) is 4.98 Å². The molecule has 0 aliphatic heterocycles. The van der Waals surface area contributed by atoms with Crippen molar-refractivity contribution >= 4 is 22.6 Å². The van der Waals surface area contributed by atoms with Crippen molar-refractivity contribution in [3.63, 3.8) is 0 Å². The largest absolute Gasteiger partial charge is 0.324 e. The van der Waals surface area contributed by atoms with Crippen LogP contribution in [0.25, 0.3) is 11.0 Å². The molecule has 1 aliphatic rings. The molecule has 0 saturated heterocycles. The lowest BCUT2D eigenvalue weighted by Crippen LogP contribution is -2.03. The lowest BCUT2D eigenvalue weighted by molar-refractivity contribution is 0.628. The number of fused-ring (bicyclic) bond motifs is 1. The predicted octanol–water partition coefficient (Wildman–Crippen LogP) is 3.18. The lowest BCUT2D eigenvalue weighted by Gasteiger charge is -2.07. The van der Waals surface area contributed by atoms with Crippen LogP contribution in [0.15, 0.2) is 18.5 Å². The van der Waals surface area contributed by atoms with E-state index in [0.717, 1.165) is 23.7 Å². The van der Waals surface area contributed by atoms with Crippen LogP contribution in [0.4, 0.5) is 0 Å². The summed E-state index contributed by atoms with van der Waals surface area (Å²) in [6.45, 7) is 2.26. The first kappa shape index (κ1) is 11.0. The van der Waals surface area contributed by atoms with Crippen molar-refractivity contribution in [2.45, 2.75) is 32.2 Å². The summed E-state index contributed by atoms with van der Waals surface area (Å²) in [6.07, 6.45) is 7.04. The normalized spacial score (nSPS) is 23.2. The van der Waals surface area contributed by atoms with Gasteiger partial charge in [0.25, 0.3) is 0 Å². The van der Waals surface area contributed by atoms with Crippen molar-refractivity contribution in [2.24, 2.45) is 5.92 Å². The molecular formula is C13H16ClN3. The number of pyridine rings is 1. The standard InChI is InChI=1S/C13H16ClN3/c1-2-9-7-12(9)17-11-4-6-15-8-10(11)16-13(17)3-5-14/h4,6,8-9,12H,2-3,5,7H2,1H3. The average molecular weight is 250 g/mol. The van der Waals surface area contributed by atoms with E-state index in [2.05, 4.69) is 27.5 Å². The van der Waals surface area contributed by atoms with Gasteiger partial charge in [-0.05, 0) is 18.4 Å². The molecule has 4 heteroatoms. The monoisotopic (exact) mass is 249 g/mol. The Labute approximate surface area is 106 Å². The number of hydrogen-bond donors (Lipinski definition) is 0. The van der Waals surface area contributed by atoms with Crippen LogP contribution >= 0.6 is 11.6 Å². The highest BCUT2D eigenvalue weighted by molar-refractivity contribution is 6.17. The van der Waals surface area contributed by atoms with Crippen LogP contribution in [0.2, 0.25) is 0 Å². The highest BCUT2D eigenvalue weighted by Crippen LogP contribution is 2.47. The van der Waals surface area contributed by atoms with E-state index < -0.39 is 0 Å². The fourth-order valence-electron chi connectivity index (χ4n) is 2.62. The first-order chi connectivity index (χ1) is 8.35. The Kier molecular flexibility index (Phi) is 2.79. The summed E-state index contributed by atoms with van der Waals surface area (Å²) >= 11 is 5.86. The van der Waals surface area contributed by atoms with Crippen molar-refractivity contribution in [3.8, 4) is 0 Å². The molecule has 2 atom stereocenters. The van der Waals surface area contributed by atoms with Gasteiger partial charge in [0.15, 0.2) is 0 Å². The quantitative estimate of drug-likeness (QED) is 0.780. The number of aryl methyl sites for hydroxylation is 1. The minimum atomic E-state index is 0.625. The van der Waals surface area contributed by atoms with Gasteiger partial charge in [0.1, 0.15) is 11.3 Å². The zero-order valence-corrected chi connectivity index (χ0v) is 10.7. The summed E-state index contributed by atoms with van der Waals surface area (Å²) in [5, 5.41) is 0. The van der Waals surface area contributed by atoms with Crippen LogP contribution in [-0.4, -0.2) is 20.4 Å². The highest BCUT2D eigenvalue weighted by atomic mass is 35.5. The molecular weight excluding hydrogens is 234 g/mol. The molecule has 0 bridgehead atoms. The van der Waals surface area contributed by atoms with Crippen molar-refractivity contribution in [1.82, 2.24) is 14.5 Å². The molecule has 0 amide bonds. The summed E-state index contributed by atoms with van der Waals surface area (Å²) in [5.74, 6) is 2.55. The average Bonchev–Trinajstić information content (AvgIpc) is 3.03. The van der Waals surface area contributed by atoms with Gasteiger partial charge in [-0.1, -0.05) is 13.3 Å². The Hall–Kier alpha value is -1.09. The van der Waals surface area contributed by atoms with Gasteiger partial charge in [0.05, 0.1) is 11.7 Å². The molecule has 2 unspecified atom stereocenters. The molecule has 3 rings (SSSR count). The van der Waals surface area contributed by atoms with E-state index in [4.69, 9.17) is 11.6 Å². The smallest absolute Gasteiger partial charge is 0.111 e. The third kappa shape index (κ3) is 1.82. The maximum atomic E-state index is 5.86. The maximum Gasteiger partial charge on any atom is 0.111 e. The minimum absolute atomic E-state index is 0.625. The number of halogens is 1. The predicted molar refractivity (Wildman–Crippen MR) is 69.4 cm³/mol. The van der Waals surface area contributed by atoms with Crippen molar-refractivity contribution in [2.75, 3.05) is 5.88 Å². The van der Waals surface area contributed by atoms with Gasteiger partial charge in [0, 0.05) is 24.5 Å². The topological polar surface area (TPSA) is 30.7 Å². The molecule has 0 radical (unpaired) electrons. The SMILES string of the molecule is CCC1CC1n1c(CCCl)nc2cnccc21. The number of alkyl halides is 1. The second-order valence-corrected chi connectivity index (χ2v) is 5.05. The van der Waals surface area contributed by atoms with E-state index in [9.17, 15) is 0 Å². The van der Waals surface area contributed by atoms with E-state index >= 15 is 0 Å².